The summed E-state index contributed by atoms with van der Waals surface area (Å²) in [6.07, 6.45) is 12.4. The molecule has 174 valence electrons. The second-order valence-corrected chi connectivity index (χ2v) is 8.73. The van der Waals surface area contributed by atoms with E-state index in [1.165, 1.54) is 28.9 Å². The summed E-state index contributed by atoms with van der Waals surface area (Å²) >= 11 is 0. The molecule has 1 rings (SSSR count). The van der Waals surface area contributed by atoms with Crippen LogP contribution in [0.1, 0.15) is 94.4 Å². The lowest BCUT2D eigenvalue weighted by atomic mass is 10.0. The van der Waals surface area contributed by atoms with Crippen LogP contribution in [0.25, 0.3) is 0 Å². The van der Waals surface area contributed by atoms with Gasteiger partial charge in [-0.3, -0.25) is 0 Å². The maximum atomic E-state index is 12.8. The number of carboxylic acid groups (broad SMARTS) is 1. The third-order valence-electron chi connectivity index (χ3n) is 4.99. The molecule has 4 heteroatoms. The Morgan fingerprint density at radius 1 is 0.844 bits per heavy atom. The number of carbonyl (C=O) groups excluding carboxylic acids is 1. The van der Waals surface area contributed by atoms with Crippen molar-refractivity contribution in [3.05, 3.63) is 82.0 Å². The van der Waals surface area contributed by atoms with E-state index >= 15 is 0 Å². The zero-order chi connectivity index (χ0) is 24.1. The van der Waals surface area contributed by atoms with Gasteiger partial charge in [-0.15, -0.1) is 0 Å². The van der Waals surface area contributed by atoms with Crippen molar-refractivity contribution in [1.29, 1.82) is 0 Å². The quantitative estimate of drug-likeness (QED) is 0.268. The van der Waals surface area contributed by atoms with E-state index in [4.69, 9.17) is 4.74 Å². The molecule has 1 aromatic carbocycles. The molecule has 0 aliphatic rings. The normalized spacial score (nSPS) is 12.7. The Balaban J connectivity index is 3.01. The molecule has 0 heterocycles. The van der Waals surface area contributed by atoms with E-state index in [1.54, 1.807) is 12.1 Å². The molecule has 0 aliphatic heterocycles. The lowest BCUT2D eigenvalue weighted by Crippen LogP contribution is -2.19. The Hall–Kier alpha value is -2.88. The Morgan fingerprint density at radius 3 is 1.91 bits per heavy atom. The van der Waals surface area contributed by atoms with Gasteiger partial charge >= 0.3 is 11.9 Å². The molecular formula is C28H38O4. The second kappa shape index (κ2) is 14.2. The molecule has 0 aliphatic carbocycles. The lowest BCUT2D eigenvalue weighted by Gasteiger charge is -2.16. The van der Waals surface area contributed by atoms with Gasteiger partial charge in [0.1, 0.15) is 6.10 Å². The molecule has 1 N–H and O–H groups in total. The van der Waals surface area contributed by atoms with Crippen LogP contribution < -0.4 is 0 Å². The Labute approximate surface area is 193 Å². The SMILES string of the molecule is CC(C)=CCCC(C)=CCC(C=C(C)CCC=C(C)C)OC(=O)c1ccccc1C(=O)O. The van der Waals surface area contributed by atoms with Crippen molar-refractivity contribution < 1.29 is 19.4 Å². The van der Waals surface area contributed by atoms with Crippen LogP contribution in [-0.2, 0) is 4.74 Å². The van der Waals surface area contributed by atoms with Crippen molar-refractivity contribution in [2.24, 2.45) is 0 Å². The summed E-state index contributed by atoms with van der Waals surface area (Å²) in [6, 6.07) is 6.16. The number of rotatable bonds is 12. The van der Waals surface area contributed by atoms with Gasteiger partial charge in [-0.2, -0.15) is 0 Å². The summed E-state index contributed by atoms with van der Waals surface area (Å²) < 4.78 is 5.77. The van der Waals surface area contributed by atoms with Gasteiger partial charge in [0.25, 0.3) is 0 Å². The second-order valence-electron chi connectivity index (χ2n) is 8.73. The summed E-state index contributed by atoms with van der Waals surface area (Å²) in [7, 11) is 0. The average molecular weight is 439 g/mol. The number of carboxylic acids is 1. The summed E-state index contributed by atoms with van der Waals surface area (Å²) in [5.41, 5.74) is 4.99. The number of hydrogen-bond acceptors (Lipinski definition) is 3. The van der Waals surface area contributed by atoms with Gasteiger partial charge in [-0.05, 0) is 85.4 Å². The molecule has 32 heavy (non-hydrogen) atoms. The van der Waals surface area contributed by atoms with Crippen LogP contribution in [0.15, 0.2) is 70.9 Å². The smallest absolute Gasteiger partial charge is 0.339 e. The fourth-order valence-electron chi connectivity index (χ4n) is 3.20. The number of hydrogen-bond donors (Lipinski definition) is 1. The van der Waals surface area contributed by atoms with Crippen molar-refractivity contribution in [1.82, 2.24) is 0 Å². The Morgan fingerprint density at radius 2 is 1.38 bits per heavy atom. The zero-order valence-corrected chi connectivity index (χ0v) is 20.4. The number of ether oxygens (including phenoxy) is 1. The average Bonchev–Trinajstić information content (AvgIpc) is 2.71. The van der Waals surface area contributed by atoms with E-state index in [1.807, 2.05) is 13.0 Å². The number of carbonyl (C=O) groups is 2. The first-order chi connectivity index (χ1) is 15.1. The number of esters is 1. The predicted octanol–water partition coefficient (Wildman–Crippen LogP) is 7.69. The zero-order valence-electron chi connectivity index (χ0n) is 20.4. The van der Waals surface area contributed by atoms with Gasteiger partial charge in [-0.25, -0.2) is 9.59 Å². The van der Waals surface area contributed by atoms with Gasteiger partial charge in [0, 0.05) is 6.42 Å². The number of allylic oxidation sites excluding steroid dienone is 6. The third kappa shape index (κ3) is 10.9. The number of benzene rings is 1. The van der Waals surface area contributed by atoms with Crippen molar-refractivity contribution in [2.75, 3.05) is 0 Å². The van der Waals surface area contributed by atoms with E-state index in [0.717, 1.165) is 31.3 Å². The highest BCUT2D eigenvalue weighted by Gasteiger charge is 2.20. The van der Waals surface area contributed by atoms with Crippen molar-refractivity contribution in [3.63, 3.8) is 0 Å². The molecular weight excluding hydrogens is 400 g/mol. The van der Waals surface area contributed by atoms with Crippen LogP contribution in [0.2, 0.25) is 0 Å². The van der Waals surface area contributed by atoms with Crippen molar-refractivity contribution in [3.8, 4) is 0 Å². The van der Waals surface area contributed by atoms with E-state index < -0.39 is 18.0 Å². The van der Waals surface area contributed by atoms with Gasteiger partial charge in [0.05, 0.1) is 11.1 Å². The Kier molecular flexibility index (Phi) is 12.1. The minimum absolute atomic E-state index is 0.0473. The highest BCUT2D eigenvalue weighted by atomic mass is 16.5. The van der Waals surface area contributed by atoms with Crippen LogP contribution in [0, 0.1) is 0 Å². The summed E-state index contributed by atoms with van der Waals surface area (Å²) in [5.74, 6) is -1.76. The van der Waals surface area contributed by atoms with Crippen LogP contribution in [0.4, 0.5) is 0 Å². The minimum atomic E-state index is -1.14. The van der Waals surface area contributed by atoms with Gasteiger partial charge < -0.3 is 9.84 Å². The first-order valence-electron chi connectivity index (χ1n) is 11.2. The van der Waals surface area contributed by atoms with Gasteiger partial charge in [0.2, 0.25) is 0 Å². The fourth-order valence-corrected chi connectivity index (χ4v) is 3.20. The molecule has 0 amide bonds. The summed E-state index contributed by atoms with van der Waals surface area (Å²) in [5, 5.41) is 9.39. The molecule has 0 saturated heterocycles. The molecule has 0 fully saturated rings. The van der Waals surface area contributed by atoms with Crippen molar-refractivity contribution in [2.45, 2.75) is 79.8 Å². The predicted molar refractivity (Wildman–Crippen MR) is 132 cm³/mol. The van der Waals surface area contributed by atoms with Crippen LogP contribution >= 0.6 is 0 Å². The largest absolute Gasteiger partial charge is 0.478 e. The van der Waals surface area contributed by atoms with Gasteiger partial charge in [-0.1, -0.05) is 52.7 Å². The fraction of sp³-hybridized carbons (Fsp3) is 0.429. The molecule has 0 saturated carbocycles. The maximum absolute atomic E-state index is 12.8. The highest BCUT2D eigenvalue weighted by Crippen LogP contribution is 2.18. The van der Waals surface area contributed by atoms with Crippen LogP contribution in [0.5, 0.6) is 0 Å². The lowest BCUT2D eigenvalue weighted by molar-refractivity contribution is 0.0390. The molecule has 0 radical (unpaired) electrons. The van der Waals surface area contributed by atoms with E-state index in [0.29, 0.717) is 6.42 Å². The molecule has 1 aromatic rings. The third-order valence-corrected chi connectivity index (χ3v) is 4.99. The number of aromatic carboxylic acids is 1. The molecule has 0 spiro atoms. The molecule has 0 aromatic heterocycles. The Bertz CT molecular complexity index is 892. The molecule has 4 nitrogen and oxygen atoms in total. The first kappa shape index (κ1) is 27.2. The first-order valence-corrected chi connectivity index (χ1v) is 11.2. The topological polar surface area (TPSA) is 63.6 Å². The summed E-state index contributed by atoms with van der Waals surface area (Å²) in [6.45, 7) is 12.5. The summed E-state index contributed by atoms with van der Waals surface area (Å²) in [4.78, 5) is 24.3. The maximum Gasteiger partial charge on any atom is 0.339 e. The van der Waals surface area contributed by atoms with Gasteiger partial charge in [0.15, 0.2) is 0 Å². The highest BCUT2D eigenvalue weighted by molar-refractivity contribution is 6.02. The van der Waals surface area contributed by atoms with E-state index in [9.17, 15) is 14.7 Å². The molecule has 0 bridgehead atoms. The molecule has 1 unspecified atom stereocenters. The standard InChI is InChI=1S/C28H38O4/c1-20(2)11-9-13-22(5)17-18-24(19-23(6)14-10-12-21(3)4)32-28(31)26-16-8-7-15-25(26)27(29)30/h7-8,11-12,15-17,19,24H,9-10,13-14,18H2,1-6H3,(H,29,30). The minimum Gasteiger partial charge on any atom is -0.478 e. The van der Waals surface area contributed by atoms with E-state index in [-0.39, 0.29) is 11.1 Å². The van der Waals surface area contributed by atoms with E-state index in [2.05, 4.69) is 52.8 Å². The molecule has 1 atom stereocenters. The monoisotopic (exact) mass is 438 g/mol. The van der Waals surface area contributed by atoms with Crippen molar-refractivity contribution >= 4 is 11.9 Å². The van der Waals surface area contributed by atoms with Crippen LogP contribution in [-0.4, -0.2) is 23.1 Å². The van der Waals surface area contributed by atoms with Crippen LogP contribution in [0.3, 0.4) is 0 Å².